The average Bonchev–Trinajstić information content (AvgIpc) is 2.89. The quantitative estimate of drug-likeness (QED) is 0.373. The Kier molecular flexibility index (Phi) is 3.73. The van der Waals surface area contributed by atoms with Crippen LogP contribution in [0.25, 0.3) is 33.3 Å². The lowest BCUT2D eigenvalue weighted by molar-refractivity contribution is -0.633. The molecule has 0 saturated carbocycles. The number of fused-ring (bicyclic) bond motifs is 4. The van der Waals surface area contributed by atoms with Crippen LogP contribution >= 0.6 is 0 Å². The minimum atomic E-state index is -0.0668. The van der Waals surface area contributed by atoms with E-state index in [4.69, 9.17) is 4.98 Å². The van der Waals surface area contributed by atoms with Gasteiger partial charge >= 0.3 is 0 Å². The van der Waals surface area contributed by atoms with Gasteiger partial charge in [-0.3, -0.25) is 4.98 Å². The van der Waals surface area contributed by atoms with Gasteiger partial charge in [-0.15, -0.1) is 0 Å². The molecule has 2 aromatic carbocycles. The molecule has 144 valence electrons. The van der Waals surface area contributed by atoms with Crippen LogP contribution in [0.2, 0.25) is 0 Å². The van der Waals surface area contributed by atoms with Gasteiger partial charge in [0.1, 0.15) is 7.05 Å². The molecular formula is C27H27N2+. The molecule has 0 saturated heterocycles. The molecule has 0 spiro atoms. The summed E-state index contributed by atoms with van der Waals surface area (Å²) in [6.45, 7) is 11.1. The van der Waals surface area contributed by atoms with Gasteiger partial charge in [-0.05, 0) is 61.2 Å². The second-order valence-corrected chi connectivity index (χ2v) is 8.97. The number of benzene rings is 2. The first-order valence-corrected chi connectivity index (χ1v) is 10.3. The number of hydrogen-bond acceptors (Lipinski definition) is 1. The largest absolute Gasteiger partial charge is 0.257 e. The number of nitrogens with zero attached hydrogens (tertiary/aromatic N) is 2. The Morgan fingerprint density at radius 2 is 1.59 bits per heavy atom. The summed E-state index contributed by atoms with van der Waals surface area (Å²) in [5.74, 6) is 0. The van der Waals surface area contributed by atoms with E-state index in [0.717, 1.165) is 5.69 Å². The summed E-state index contributed by atoms with van der Waals surface area (Å²) in [5.41, 5.74) is 12.6. The molecule has 0 fully saturated rings. The first-order chi connectivity index (χ1) is 13.8. The third kappa shape index (κ3) is 2.48. The smallest absolute Gasteiger partial charge is 0.213 e. The first-order valence-electron chi connectivity index (χ1n) is 10.3. The van der Waals surface area contributed by atoms with E-state index in [-0.39, 0.29) is 5.41 Å². The number of aromatic nitrogens is 2. The third-order valence-electron chi connectivity index (χ3n) is 6.66. The maximum Gasteiger partial charge on any atom is 0.213 e. The minimum absolute atomic E-state index is 0.0668. The number of pyridine rings is 2. The Bertz CT molecular complexity index is 1310. The summed E-state index contributed by atoms with van der Waals surface area (Å²) >= 11 is 0. The van der Waals surface area contributed by atoms with Crippen LogP contribution in [0.15, 0.2) is 54.6 Å². The fourth-order valence-electron chi connectivity index (χ4n) is 4.95. The molecule has 0 unspecified atom stereocenters. The van der Waals surface area contributed by atoms with Crippen molar-refractivity contribution in [2.24, 2.45) is 7.05 Å². The summed E-state index contributed by atoms with van der Waals surface area (Å²) in [6, 6.07) is 20.2. The summed E-state index contributed by atoms with van der Waals surface area (Å²) in [7, 11) is 2.17. The van der Waals surface area contributed by atoms with Crippen molar-refractivity contribution in [1.29, 1.82) is 0 Å². The molecular weight excluding hydrogens is 352 g/mol. The highest BCUT2D eigenvalue weighted by Gasteiger charge is 2.38. The van der Waals surface area contributed by atoms with Crippen LogP contribution in [0.4, 0.5) is 0 Å². The monoisotopic (exact) mass is 379 g/mol. The zero-order chi connectivity index (χ0) is 20.5. The van der Waals surface area contributed by atoms with E-state index < -0.39 is 0 Å². The number of aryl methyl sites for hydroxylation is 4. The Labute approximate surface area is 172 Å². The van der Waals surface area contributed by atoms with Gasteiger partial charge < -0.3 is 0 Å². The van der Waals surface area contributed by atoms with Crippen molar-refractivity contribution >= 4 is 10.9 Å². The Hall–Kier alpha value is -3.00. The molecule has 29 heavy (non-hydrogen) atoms. The molecule has 2 heterocycles. The fraction of sp³-hybridized carbons (Fsp3) is 0.259. The second-order valence-electron chi connectivity index (χ2n) is 8.97. The van der Waals surface area contributed by atoms with Crippen molar-refractivity contribution in [2.75, 3.05) is 0 Å². The van der Waals surface area contributed by atoms with Crippen molar-refractivity contribution in [3.63, 3.8) is 0 Å². The highest BCUT2D eigenvalue weighted by atomic mass is 14.9. The summed E-state index contributed by atoms with van der Waals surface area (Å²) in [5, 5.41) is 1.31. The van der Waals surface area contributed by atoms with Gasteiger partial charge in [0.15, 0.2) is 0 Å². The van der Waals surface area contributed by atoms with Crippen LogP contribution in [-0.2, 0) is 12.5 Å². The SMILES string of the molecule is Cc1ccc2c(n1)C(C)(C)c1cc(C)c(-c3ccc4c(C)cccc4[n+]3C)cc1-2. The molecule has 2 nitrogen and oxygen atoms in total. The van der Waals surface area contributed by atoms with E-state index in [9.17, 15) is 0 Å². The zero-order valence-corrected chi connectivity index (χ0v) is 18.1. The Balaban J connectivity index is 1.78. The molecule has 0 bridgehead atoms. The maximum absolute atomic E-state index is 4.92. The van der Waals surface area contributed by atoms with E-state index in [1.165, 1.54) is 55.7 Å². The molecule has 0 atom stereocenters. The normalized spacial score (nSPS) is 14.1. The molecule has 1 aliphatic rings. The van der Waals surface area contributed by atoms with Crippen LogP contribution in [0.3, 0.4) is 0 Å². The van der Waals surface area contributed by atoms with Crippen LogP contribution in [0.5, 0.6) is 0 Å². The van der Waals surface area contributed by atoms with Gasteiger partial charge in [-0.2, -0.15) is 4.57 Å². The van der Waals surface area contributed by atoms with E-state index in [1.54, 1.807) is 0 Å². The van der Waals surface area contributed by atoms with Crippen molar-refractivity contribution in [2.45, 2.75) is 40.0 Å². The average molecular weight is 380 g/mol. The van der Waals surface area contributed by atoms with Crippen LogP contribution in [-0.4, -0.2) is 4.98 Å². The molecule has 5 rings (SSSR count). The third-order valence-corrected chi connectivity index (χ3v) is 6.66. The molecule has 0 aliphatic heterocycles. The van der Waals surface area contributed by atoms with E-state index in [0.29, 0.717) is 0 Å². The number of hydrogen-bond donors (Lipinski definition) is 0. The van der Waals surface area contributed by atoms with Gasteiger partial charge in [-0.1, -0.05) is 38.1 Å². The van der Waals surface area contributed by atoms with Gasteiger partial charge in [0.25, 0.3) is 0 Å². The van der Waals surface area contributed by atoms with Crippen molar-refractivity contribution < 1.29 is 4.57 Å². The van der Waals surface area contributed by atoms with Crippen molar-refractivity contribution in [1.82, 2.24) is 4.98 Å². The lowest BCUT2D eigenvalue weighted by Gasteiger charge is -2.21. The lowest BCUT2D eigenvalue weighted by Crippen LogP contribution is -2.32. The molecule has 2 aromatic heterocycles. The van der Waals surface area contributed by atoms with E-state index in [1.807, 2.05) is 0 Å². The fourth-order valence-corrected chi connectivity index (χ4v) is 4.95. The predicted octanol–water partition coefficient (Wildman–Crippen LogP) is 5.96. The van der Waals surface area contributed by atoms with Crippen LogP contribution in [0.1, 0.15) is 41.9 Å². The van der Waals surface area contributed by atoms with E-state index in [2.05, 4.69) is 101 Å². The van der Waals surface area contributed by atoms with Gasteiger partial charge in [0.2, 0.25) is 11.2 Å². The summed E-state index contributed by atoms with van der Waals surface area (Å²) < 4.78 is 2.32. The Morgan fingerprint density at radius 3 is 2.38 bits per heavy atom. The van der Waals surface area contributed by atoms with Gasteiger partial charge in [-0.25, -0.2) is 0 Å². The standard InChI is InChI=1S/C27H27N2/c1-16-8-7-9-24-19(16)12-13-25(29(24)6)21-15-22-20-11-10-18(3)28-26(20)27(4,5)23(22)14-17(21)2/h7-15H,1-6H3/q+1. The van der Waals surface area contributed by atoms with Crippen LogP contribution in [0, 0.1) is 20.8 Å². The maximum atomic E-state index is 4.92. The second kappa shape index (κ2) is 6.00. The van der Waals surface area contributed by atoms with Crippen molar-refractivity contribution in [3.05, 3.63) is 82.7 Å². The topological polar surface area (TPSA) is 16.8 Å². The van der Waals surface area contributed by atoms with Gasteiger partial charge in [0, 0.05) is 39.8 Å². The van der Waals surface area contributed by atoms with Gasteiger partial charge in [0.05, 0.1) is 5.69 Å². The van der Waals surface area contributed by atoms with Crippen molar-refractivity contribution in [3.8, 4) is 22.4 Å². The zero-order valence-electron chi connectivity index (χ0n) is 18.1. The summed E-state index contributed by atoms with van der Waals surface area (Å²) in [4.78, 5) is 4.92. The predicted molar refractivity (Wildman–Crippen MR) is 120 cm³/mol. The summed E-state index contributed by atoms with van der Waals surface area (Å²) in [6.07, 6.45) is 0. The van der Waals surface area contributed by atoms with Crippen LogP contribution < -0.4 is 4.57 Å². The molecule has 0 amide bonds. The molecule has 2 heteroatoms. The first kappa shape index (κ1) is 18.1. The molecule has 0 N–H and O–H groups in total. The Morgan fingerprint density at radius 1 is 0.793 bits per heavy atom. The highest BCUT2D eigenvalue weighted by molar-refractivity contribution is 5.85. The number of rotatable bonds is 1. The van der Waals surface area contributed by atoms with E-state index >= 15 is 0 Å². The minimum Gasteiger partial charge on any atom is -0.257 e. The molecule has 0 radical (unpaired) electrons. The highest BCUT2D eigenvalue weighted by Crippen LogP contribution is 2.49. The molecule has 1 aliphatic carbocycles. The lowest BCUT2D eigenvalue weighted by atomic mass is 9.83. The molecule has 4 aromatic rings.